The summed E-state index contributed by atoms with van der Waals surface area (Å²) in [6.07, 6.45) is 0. The van der Waals surface area contributed by atoms with Gasteiger partial charge in [0.25, 0.3) is 0 Å². The van der Waals surface area contributed by atoms with E-state index in [0.717, 1.165) is 66.8 Å². The van der Waals surface area contributed by atoms with E-state index in [-0.39, 0.29) is 0 Å². The van der Waals surface area contributed by atoms with Crippen LogP contribution in [0.2, 0.25) is 0 Å². The zero-order valence-electron chi connectivity index (χ0n) is 37.7. The van der Waals surface area contributed by atoms with Crippen LogP contribution in [0.25, 0.3) is 105 Å². The minimum absolute atomic E-state index is 0.898. The molecular weight excluding hydrogens is 837 g/mol. The van der Waals surface area contributed by atoms with Gasteiger partial charge < -0.3 is 13.9 Å². The molecule has 0 aliphatic rings. The van der Waals surface area contributed by atoms with Gasteiger partial charge in [0.1, 0.15) is 11.2 Å². The summed E-state index contributed by atoms with van der Waals surface area (Å²) in [5.41, 5.74) is 20.1. The van der Waals surface area contributed by atoms with Crippen molar-refractivity contribution in [2.45, 2.75) is 0 Å². The number of furan rings is 1. The number of rotatable bonds is 9. The first-order valence-electron chi connectivity index (χ1n) is 23.6. The lowest BCUT2D eigenvalue weighted by Gasteiger charge is -2.29. The summed E-state index contributed by atoms with van der Waals surface area (Å²) in [4.78, 5) is 2.39. The van der Waals surface area contributed by atoms with Crippen molar-refractivity contribution < 1.29 is 4.42 Å². The highest BCUT2D eigenvalue weighted by atomic mass is 16.3. The number of aromatic nitrogens is 1. The second-order valence-electron chi connectivity index (χ2n) is 17.6. The Morgan fingerprint density at radius 3 is 1.42 bits per heavy atom. The van der Waals surface area contributed by atoms with Gasteiger partial charge in [0, 0.05) is 49.6 Å². The van der Waals surface area contributed by atoms with E-state index in [1.54, 1.807) is 0 Å². The summed E-state index contributed by atoms with van der Waals surface area (Å²) in [6.45, 7) is 0. The molecule has 0 radical (unpaired) electrons. The van der Waals surface area contributed by atoms with Crippen molar-refractivity contribution in [1.29, 1.82) is 0 Å². The fraction of sp³-hybridized carbons (Fsp3) is 0. The Balaban J connectivity index is 0.888. The van der Waals surface area contributed by atoms with Crippen LogP contribution in [0.1, 0.15) is 0 Å². The minimum atomic E-state index is 0.898. The van der Waals surface area contributed by atoms with Crippen molar-refractivity contribution in [3.63, 3.8) is 0 Å². The average molecular weight is 881 g/mol. The number of nitrogens with zero attached hydrogens (tertiary/aromatic N) is 2. The van der Waals surface area contributed by atoms with Gasteiger partial charge in [-0.1, -0.05) is 212 Å². The SMILES string of the molecule is c1ccc(-c2ccccc2-c2ccccc2N(c2ccc(-c3ccc(-c4ccccc4-n4c5ccccc5c5ccccc54)cc3)cc2)c2ccc(-c3cccc4c3oc3ccccc34)cc2)cc1. The molecule has 3 nitrogen and oxygen atoms in total. The summed E-state index contributed by atoms with van der Waals surface area (Å²) < 4.78 is 8.89. The molecule has 0 N–H and O–H groups in total. The predicted octanol–water partition coefficient (Wildman–Crippen LogP) is 18.5. The van der Waals surface area contributed by atoms with Crippen molar-refractivity contribution in [2.24, 2.45) is 0 Å². The topological polar surface area (TPSA) is 21.3 Å². The Bertz CT molecular complexity index is 3940. The quantitative estimate of drug-likeness (QED) is 0.144. The number of fused-ring (bicyclic) bond motifs is 6. The van der Waals surface area contributed by atoms with Crippen LogP contribution >= 0.6 is 0 Å². The normalized spacial score (nSPS) is 11.5. The molecule has 324 valence electrons. The van der Waals surface area contributed by atoms with E-state index in [1.807, 2.05) is 12.1 Å². The number of anilines is 3. The fourth-order valence-corrected chi connectivity index (χ4v) is 10.4. The van der Waals surface area contributed by atoms with Gasteiger partial charge in [-0.05, 0) is 93.5 Å². The zero-order valence-corrected chi connectivity index (χ0v) is 37.7. The molecular formula is C66H44N2O. The molecule has 0 amide bonds. The number of para-hydroxylation sites is 6. The maximum Gasteiger partial charge on any atom is 0.143 e. The Hall–Kier alpha value is -9.18. The third-order valence-corrected chi connectivity index (χ3v) is 13.7. The molecule has 13 aromatic rings. The second-order valence-corrected chi connectivity index (χ2v) is 17.6. The molecule has 0 saturated heterocycles. The van der Waals surface area contributed by atoms with Crippen LogP contribution in [0.4, 0.5) is 17.1 Å². The molecule has 0 bridgehead atoms. The molecule has 0 atom stereocenters. The lowest BCUT2D eigenvalue weighted by molar-refractivity contribution is 0.670. The van der Waals surface area contributed by atoms with Crippen molar-refractivity contribution in [3.05, 3.63) is 267 Å². The highest BCUT2D eigenvalue weighted by Crippen LogP contribution is 2.45. The molecule has 3 heteroatoms. The molecule has 0 spiro atoms. The van der Waals surface area contributed by atoms with E-state index in [2.05, 4.69) is 264 Å². The van der Waals surface area contributed by atoms with Crippen molar-refractivity contribution in [3.8, 4) is 61.3 Å². The van der Waals surface area contributed by atoms with Crippen LogP contribution in [0, 0.1) is 0 Å². The Morgan fingerprint density at radius 2 is 0.725 bits per heavy atom. The molecule has 2 heterocycles. The van der Waals surface area contributed by atoms with Gasteiger partial charge in [-0.3, -0.25) is 0 Å². The smallest absolute Gasteiger partial charge is 0.143 e. The molecule has 13 rings (SSSR count). The summed E-state index contributed by atoms with van der Waals surface area (Å²) in [6, 6.07) is 96.0. The molecule has 0 aliphatic carbocycles. The van der Waals surface area contributed by atoms with Crippen LogP contribution in [0.15, 0.2) is 271 Å². The number of hydrogen-bond donors (Lipinski definition) is 0. The highest BCUT2D eigenvalue weighted by Gasteiger charge is 2.21. The van der Waals surface area contributed by atoms with Crippen molar-refractivity contribution in [2.75, 3.05) is 4.90 Å². The lowest BCUT2D eigenvalue weighted by atomic mass is 9.93. The Labute approximate surface area is 401 Å². The van der Waals surface area contributed by atoms with Crippen LogP contribution in [0.5, 0.6) is 0 Å². The van der Waals surface area contributed by atoms with E-state index >= 15 is 0 Å². The molecule has 0 fully saturated rings. The first-order chi connectivity index (χ1) is 34.2. The third kappa shape index (κ3) is 6.99. The lowest BCUT2D eigenvalue weighted by Crippen LogP contribution is -2.11. The average Bonchev–Trinajstić information content (AvgIpc) is 3.98. The van der Waals surface area contributed by atoms with E-state index in [1.165, 1.54) is 55.3 Å². The minimum Gasteiger partial charge on any atom is -0.455 e. The van der Waals surface area contributed by atoms with Gasteiger partial charge in [0.05, 0.1) is 22.4 Å². The standard InChI is InChI=1S/C66H44N2O/c1-2-17-47(18-3-1)52-19-4-5-21-55(52)56-22-7-12-29-62(56)67(51-43-39-49(40-44-51)54-26-16-27-60-59-25-10-15-32-65(59)69-66(54)60)50-41-37-46(38-42-50)45-33-35-48(36-34-45)53-20-6-11-28-61(53)68-63-30-13-8-23-57(63)58-24-9-14-31-64(58)68/h1-44H. The van der Waals surface area contributed by atoms with Gasteiger partial charge >= 0.3 is 0 Å². The van der Waals surface area contributed by atoms with Crippen molar-refractivity contribution >= 4 is 60.8 Å². The van der Waals surface area contributed by atoms with Crippen LogP contribution in [-0.2, 0) is 0 Å². The maximum absolute atomic E-state index is 6.48. The Kier molecular flexibility index (Phi) is 9.84. The first-order valence-corrected chi connectivity index (χ1v) is 23.6. The largest absolute Gasteiger partial charge is 0.455 e. The third-order valence-electron chi connectivity index (χ3n) is 13.7. The molecule has 0 unspecified atom stereocenters. The predicted molar refractivity (Wildman–Crippen MR) is 290 cm³/mol. The van der Waals surface area contributed by atoms with E-state index in [4.69, 9.17) is 4.42 Å². The fourth-order valence-electron chi connectivity index (χ4n) is 10.4. The van der Waals surface area contributed by atoms with Crippen LogP contribution in [-0.4, -0.2) is 4.57 Å². The molecule has 2 aromatic heterocycles. The molecule has 69 heavy (non-hydrogen) atoms. The zero-order chi connectivity index (χ0) is 45.7. The van der Waals surface area contributed by atoms with Crippen molar-refractivity contribution in [1.82, 2.24) is 4.57 Å². The van der Waals surface area contributed by atoms with Gasteiger partial charge in [-0.25, -0.2) is 0 Å². The van der Waals surface area contributed by atoms with Gasteiger partial charge in [-0.2, -0.15) is 0 Å². The second kappa shape index (κ2) is 16.9. The van der Waals surface area contributed by atoms with Crippen LogP contribution in [0.3, 0.4) is 0 Å². The van der Waals surface area contributed by atoms with Crippen LogP contribution < -0.4 is 4.90 Å². The molecule has 0 aliphatic heterocycles. The molecule has 0 saturated carbocycles. The Morgan fingerprint density at radius 1 is 0.275 bits per heavy atom. The molecule has 11 aromatic carbocycles. The summed E-state index contributed by atoms with van der Waals surface area (Å²) in [5, 5.41) is 4.77. The summed E-state index contributed by atoms with van der Waals surface area (Å²) in [7, 11) is 0. The van der Waals surface area contributed by atoms with E-state index in [9.17, 15) is 0 Å². The van der Waals surface area contributed by atoms with Gasteiger partial charge in [-0.15, -0.1) is 0 Å². The van der Waals surface area contributed by atoms with Gasteiger partial charge in [0.15, 0.2) is 0 Å². The summed E-state index contributed by atoms with van der Waals surface area (Å²) in [5.74, 6) is 0. The summed E-state index contributed by atoms with van der Waals surface area (Å²) >= 11 is 0. The van der Waals surface area contributed by atoms with Gasteiger partial charge in [0.2, 0.25) is 0 Å². The number of hydrogen-bond acceptors (Lipinski definition) is 2. The number of benzene rings is 11. The monoisotopic (exact) mass is 880 g/mol. The van der Waals surface area contributed by atoms with E-state index < -0.39 is 0 Å². The van der Waals surface area contributed by atoms with E-state index in [0.29, 0.717) is 0 Å². The first kappa shape index (κ1) is 40.1. The maximum atomic E-state index is 6.48. The highest BCUT2D eigenvalue weighted by molar-refractivity contribution is 6.11.